The van der Waals surface area contributed by atoms with Crippen molar-refractivity contribution in [2.45, 2.75) is 32.8 Å². The third kappa shape index (κ3) is 4.38. The van der Waals surface area contributed by atoms with Crippen LogP contribution in [-0.4, -0.2) is 28.5 Å². The van der Waals surface area contributed by atoms with Crippen molar-refractivity contribution in [2.75, 3.05) is 6.54 Å². The first-order valence-corrected chi connectivity index (χ1v) is 9.81. The molecule has 1 aliphatic heterocycles. The maximum atomic E-state index is 13.8. The van der Waals surface area contributed by atoms with Crippen molar-refractivity contribution in [2.24, 2.45) is 0 Å². The molecule has 2 aromatic carbocycles. The number of carbonyl (C=O) groups is 1. The number of nitrogens with zero attached hydrogens (tertiary/aromatic N) is 2. The summed E-state index contributed by atoms with van der Waals surface area (Å²) < 4.78 is 46.6. The fourth-order valence-corrected chi connectivity index (χ4v) is 3.62. The number of para-hydroxylation sites is 1. The molecule has 1 N–H and O–H groups in total. The Morgan fingerprint density at radius 1 is 1.19 bits per heavy atom. The molecule has 0 spiro atoms. The van der Waals surface area contributed by atoms with Crippen LogP contribution in [0.4, 0.5) is 13.2 Å². The Hall–Kier alpha value is -3.42. The zero-order valence-electron chi connectivity index (χ0n) is 17.0. The maximum absolute atomic E-state index is 13.8. The van der Waals surface area contributed by atoms with Crippen LogP contribution in [0.2, 0.25) is 0 Å². The van der Waals surface area contributed by atoms with Crippen LogP contribution in [0.25, 0.3) is 11.3 Å². The molecule has 0 bridgehead atoms. The molecule has 0 aliphatic carbocycles. The molecule has 1 atom stereocenters. The molecule has 4 rings (SSSR count). The van der Waals surface area contributed by atoms with Crippen molar-refractivity contribution in [3.8, 4) is 17.0 Å². The largest absolute Gasteiger partial charge is 0.487 e. The normalized spacial score (nSPS) is 14.8. The van der Waals surface area contributed by atoms with Crippen LogP contribution in [0.15, 0.2) is 36.5 Å². The van der Waals surface area contributed by atoms with Gasteiger partial charge in [0.25, 0.3) is 0 Å². The fraction of sp³-hybridized carbons (Fsp3) is 0.261. The first kappa shape index (κ1) is 20.8. The topological polar surface area (TPSA) is 64.1 Å². The Bertz CT molecular complexity index is 1140. The van der Waals surface area contributed by atoms with Crippen molar-refractivity contribution in [3.63, 3.8) is 0 Å². The quantitative estimate of drug-likeness (QED) is 0.672. The van der Waals surface area contributed by atoms with Gasteiger partial charge in [0.2, 0.25) is 5.91 Å². The average molecular weight is 427 g/mol. The number of hydrogen-bond donors (Lipinski definition) is 1. The minimum absolute atomic E-state index is 0.163. The number of carbonyl (C=O) groups excluding carboxylic acids is 1. The molecule has 0 fully saturated rings. The van der Waals surface area contributed by atoms with Crippen molar-refractivity contribution in [1.82, 2.24) is 15.3 Å². The number of amides is 1. The van der Waals surface area contributed by atoms with Crippen molar-refractivity contribution >= 4 is 5.91 Å². The highest BCUT2D eigenvalue weighted by atomic mass is 19.1. The van der Waals surface area contributed by atoms with E-state index < -0.39 is 35.3 Å². The summed E-state index contributed by atoms with van der Waals surface area (Å²) in [7, 11) is 0. The molecule has 0 saturated heterocycles. The summed E-state index contributed by atoms with van der Waals surface area (Å²) in [5.74, 6) is -3.08. The number of aromatic nitrogens is 2. The van der Waals surface area contributed by atoms with Gasteiger partial charge in [0.1, 0.15) is 29.3 Å². The molecule has 160 valence electrons. The lowest BCUT2D eigenvalue weighted by atomic mass is 10.0. The zero-order valence-corrected chi connectivity index (χ0v) is 17.0. The SMILES string of the molecule is Cc1cnc(C)c(-c2cccc3c2OC(CNC(=O)Cc2c(F)cc(F)cc2F)C3)n1. The minimum atomic E-state index is -1.09. The Kier molecular flexibility index (Phi) is 5.63. The molecule has 0 radical (unpaired) electrons. The Morgan fingerprint density at radius 2 is 1.94 bits per heavy atom. The Balaban J connectivity index is 1.44. The predicted octanol–water partition coefficient (Wildman–Crippen LogP) is 3.84. The fourth-order valence-electron chi connectivity index (χ4n) is 3.62. The van der Waals surface area contributed by atoms with Gasteiger partial charge in [-0.3, -0.25) is 9.78 Å². The first-order chi connectivity index (χ1) is 14.8. The van der Waals surface area contributed by atoms with Gasteiger partial charge in [-0.15, -0.1) is 0 Å². The van der Waals surface area contributed by atoms with E-state index in [-0.39, 0.29) is 12.6 Å². The van der Waals surface area contributed by atoms with E-state index in [1.54, 1.807) is 6.20 Å². The smallest absolute Gasteiger partial charge is 0.224 e. The maximum Gasteiger partial charge on any atom is 0.224 e. The number of aryl methyl sites for hydroxylation is 2. The van der Waals surface area contributed by atoms with E-state index in [4.69, 9.17) is 4.74 Å². The summed E-state index contributed by atoms with van der Waals surface area (Å²) in [5.41, 5.74) is 3.66. The van der Waals surface area contributed by atoms with E-state index in [0.717, 1.165) is 28.2 Å². The molecule has 8 heteroatoms. The van der Waals surface area contributed by atoms with E-state index in [9.17, 15) is 18.0 Å². The monoisotopic (exact) mass is 427 g/mol. The van der Waals surface area contributed by atoms with Crippen LogP contribution >= 0.6 is 0 Å². The van der Waals surface area contributed by atoms with Gasteiger partial charge >= 0.3 is 0 Å². The van der Waals surface area contributed by atoms with Crippen molar-refractivity contribution in [3.05, 3.63) is 76.5 Å². The second-order valence-corrected chi connectivity index (χ2v) is 7.51. The third-order valence-electron chi connectivity index (χ3n) is 5.13. The highest BCUT2D eigenvalue weighted by molar-refractivity contribution is 5.78. The van der Waals surface area contributed by atoms with Gasteiger partial charge in [0, 0.05) is 35.9 Å². The van der Waals surface area contributed by atoms with Gasteiger partial charge in [0.05, 0.1) is 30.0 Å². The molecule has 1 unspecified atom stereocenters. The van der Waals surface area contributed by atoms with Gasteiger partial charge in [-0.1, -0.05) is 12.1 Å². The second-order valence-electron chi connectivity index (χ2n) is 7.51. The molecule has 1 amide bonds. The van der Waals surface area contributed by atoms with Crippen LogP contribution in [0.3, 0.4) is 0 Å². The molecule has 3 aromatic rings. The van der Waals surface area contributed by atoms with Gasteiger partial charge in [-0.25, -0.2) is 18.2 Å². The van der Waals surface area contributed by atoms with E-state index in [1.807, 2.05) is 32.0 Å². The lowest BCUT2D eigenvalue weighted by molar-refractivity contribution is -0.120. The van der Waals surface area contributed by atoms with Crippen LogP contribution < -0.4 is 10.1 Å². The minimum Gasteiger partial charge on any atom is -0.487 e. The summed E-state index contributed by atoms with van der Waals surface area (Å²) in [5, 5.41) is 2.64. The molecule has 1 aliphatic rings. The number of nitrogens with one attached hydrogen (secondary N) is 1. The van der Waals surface area contributed by atoms with Gasteiger partial charge < -0.3 is 10.1 Å². The zero-order chi connectivity index (χ0) is 22.1. The van der Waals surface area contributed by atoms with Crippen molar-refractivity contribution < 1.29 is 22.7 Å². The van der Waals surface area contributed by atoms with Crippen molar-refractivity contribution in [1.29, 1.82) is 0 Å². The van der Waals surface area contributed by atoms with E-state index >= 15 is 0 Å². The molecule has 2 heterocycles. The van der Waals surface area contributed by atoms with Crippen LogP contribution in [0, 0.1) is 31.3 Å². The van der Waals surface area contributed by atoms with E-state index in [0.29, 0.717) is 24.3 Å². The lowest BCUT2D eigenvalue weighted by Crippen LogP contribution is -2.35. The molecule has 31 heavy (non-hydrogen) atoms. The predicted molar refractivity (Wildman–Crippen MR) is 108 cm³/mol. The standard InChI is InChI=1S/C23H20F3N3O2/c1-12-10-27-13(2)22(29-12)17-5-3-4-14-6-16(31-23(14)17)11-28-21(30)9-18-19(25)7-15(24)8-20(18)26/h3-5,7-8,10,16H,6,9,11H2,1-2H3,(H,28,30). The summed E-state index contributed by atoms with van der Waals surface area (Å²) in [4.78, 5) is 21.1. The summed E-state index contributed by atoms with van der Waals surface area (Å²) in [6, 6.07) is 6.89. The van der Waals surface area contributed by atoms with Gasteiger partial charge in [0.15, 0.2) is 0 Å². The average Bonchev–Trinajstić information content (AvgIpc) is 3.14. The van der Waals surface area contributed by atoms with Crippen LogP contribution in [-0.2, 0) is 17.6 Å². The van der Waals surface area contributed by atoms with Crippen LogP contribution in [0.1, 0.15) is 22.5 Å². The number of benzene rings is 2. The van der Waals surface area contributed by atoms with Gasteiger partial charge in [-0.05, 0) is 25.5 Å². The summed E-state index contributed by atoms with van der Waals surface area (Å²) in [6.45, 7) is 3.91. The number of hydrogen-bond acceptors (Lipinski definition) is 4. The molecular formula is C23H20F3N3O2. The Labute approximate surface area is 177 Å². The highest BCUT2D eigenvalue weighted by Crippen LogP contribution is 2.38. The highest BCUT2D eigenvalue weighted by Gasteiger charge is 2.27. The second kappa shape index (κ2) is 8.37. The van der Waals surface area contributed by atoms with Gasteiger partial charge in [-0.2, -0.15) is 0 Å². The number of fused-ring (bicyclic) bond motifs is 1. The third-order valence-corrected chi connectivity index (χ3v) is 5.13. The number of ether oxygens (including phenoxy) is 1. The lowest BCUT2D eigenvalue weighted by Gasteiger charge is -2.14. The molecule has 0 saturated carbocycles. The van der Waals surface area contributed by atoms with E-state index in [1.165, 1.54) is 0 Å². The molecule has 1 aromatic heterocycles. The Morgan fingerprint density at radius 3 is 2.68 bits per heavy atom. The number of rotatable bonds is 5. The summed E-state index contributed by atoms with van der Waals surface area (Å²) >= 11 is 0. The number of halogens is 3. The van der Waals surface area contributed by atoms with Crippen LogP contribution in [0.5, 0.6) is 5.75 Å². The van der Waals surface area contributed by atoms with E-state index in [2.05, 4.69) is 15.3 Å². The first-order valence-electron chi connectivity index (χ1n) is 9.81. The molecular weight excluding hydrogens is 407 g/mol. The summed E-state index contributed by atoms with van der Waals surface area (Å²) in [6.07, 6.45) is 1.41. The molecule has 5 nitrogen and oxygen atoms in total.